The third-order valence-electron chi connectivity index (χ3n) is 6.55. The Balaban J connectivity index is 1.61. The van der Waals surface area contributed by atoms with Gasteiger partial charge in [-0.25, -0.2) is 14.4 Å². The summed E-state index contributed by atoms with van der Waals surface area (Å²) in [5.74, 6) is 5.24. The average molecular weight is 611 g/mol. The Morgan fingerprint density at radius 2 is 1.15 bits per heavy atom. The molecule has 0 atom stereocenters. The molecule has 0 bridgehead atoms. The van der Waals surface area contributed by atoms with Crippen LogP contribution in [0.2, 0.25) is 0 Å². The molecule has 7 nitrogen and oxygen atoms in total. The molecule has 0 N–H and O–H groups in total. The molecule has 228 valence electrons. The summed E-state index contributed by atoms with van der Waals surface area (Å²) in [7, 11) is 0. The van der Waals surface area contributed by atoms with Gasteiger partial charge in [0.05, 0.1) is 0 Å². The Labute approximate surface area is 267 Å². The van der Waals surface area contributed by atoms with Crippen LogP contribution in [0.5, 0.6) is 17.2 Å². The van der Waals surface area contributed by atoms with Gasteiger partial charge in [-0.1, -0.05) is 55.8 Å². The number of ketones is 1. The van der Waals surface area contributed by atoms with Gasteiger partial charge in [0.15, 0.2) is 5.78 Å². The maximum atomic E-state index is 13.2. The number of aryl methyl sites for hydroxylation is 1. The minimum absolute atomic E-state index is 0.215. The first kappa shape index (κ1) is 32.6. The van der Waals surface area contributed by atoms with E-state index in [0.717, 1.165) is 17.2 Å². The van der Waals surface area contributed by atoms with Crippen LogP contribution in [-0.2, 0) is 14.4 Å². The van der Waals surface area contributed by atoms with Crippen LogP contribution in [0.15, 0.2) is 122 Å². The molecule has 4 aromatic rings. The quantitative estimate of drug-likeness (QED) is 0.0643. The predicted octanol–water partition coefficient (Wildman–Crippen LogP) is 7.35. The van der Waals surface area contributed by atoms with E-state index in [9.17, 15) is 19.2 Å². The Bertz CT molecular complexity index is 1930. The molecule has 0 saturated heterocycles. The van der Waals surface area contributed by atoms with E-state index in [1.165, 1.54) is 0 Å². The average Bonchev–Trinajstić information content (AvgIpc) is 3.04. The van der Waals surface area contributed by atoms with Crippen LogP contribution < -0.4 is 14.2 Å². The second kappa shape index (κ2) is 14.5. The van der Waals surface area contributed by atoms with Gasteiger partial charge in [0.2, 0.25) is 0 Å². The molecule has 0 aliphatic heterocycles. The van der Waals surface area contributed by atoms with Crippen molar-refractivity contribution < 1.29 is 33.4 Å². The lowest BCUT2D eigenvalue weighted by atomic mass is 9.95. The first-order valence-corrected chi connectivity index (χ1v) is 14.1. The topological polar surface area (TPSA) is 96.0 Å². The standard InChI is InChI=1S/C39H30O7/c1-7-35(40)44-32-18-10-27(11-19-32)8-9-28-22-26(6)36(34(23-28)46-39(43)25(4)5)29-12-14-30(15-13-29)37(41)31-16-20-33(21-17-31)45-38(42)24(2)3/h7,10-23H,1-2,4H2,3,5-6H3. The minimum Gasteiger partial charge on any atom is -0.423 e. The van der Waals surface area contributed by atoms with E-state index < -0.39 is 17.9 Å². The lowest BCUT2D eigenvalue weighted by molar-refractivity contribution is -0.130. The molecule has 0 unspecified atom stereocenters. The Hall–Kier alpha value is -6.26. The summed E-state index contributed by atoms with van der Waals surface area (Å²) in [4.78, 5) is 48.9. The SMILES string of the molecule is C=CC(=O)Oc1ccc(C#Cc2cc(C)c(-c3ccc(C(=O)c4ccc(OC(=O)C(=C)C)cc4)cc3)c(OC(=O)C(=C)C)c2)cc1. The maximum Gasteiger partial charge on any atom is 0.338 e. The number of carbonyl (C=O) groups is 4. The Morgan fingerprint density at radius 3 is 1.72 bits per heavy atom. The van der Waals surface area contributed by atoms with Crippen molar-refractivity contribution in [3.63, 3.8) is 0 Å². The first-order chi connectivity index (χ1) is 21.9. The molecule has 0 heterocycles. The monoisotopic (exact) mass is 610 g/mol. The highest BCUT2D eigenvalue weighted by Gasteiger charge is 2.17. The summed E-state index contributed by atoms with van der Waals surface area (Å²) in [5.41, 5.74) is 4.85. The molecular weight excluding hydrogens is 580 g/mol. The van der Waals surface area contributed by atoms with Crippen molar-refractivity contribution in [2.24, 2.45) is 0 Å². The van der Waals surface area contributed by atoms with Crippen LogP contribution in [0.1, 0.15) is 46.5 Å². The van der Waals surface area contributed by atoms with Crippen molar-refractivity contribution in [2.75, 3.05) is 0 Å². The first-order valence-electron chi connectivity index (χ1n) is 14.1. The highest BCUT2D eigenvalue weighted by molar-refractivity contribution is 6.09. The number of hydrogen-bond donors (Lipinski definition) is 0. The number of rotatable bonds is 9. The summed E-state index contributed by atoms with van der Waals surface area (Å²) in [6, 6.07) is 23.5. The van der Waals surface area contributed by atoms with Crippen molar-refractivity contribution in [2.45, 2.75) is 20.8 Å². The van der Waals surface area contributed by atoms with E-state index in [-0.39, 0.29) is 16.9 Å². The van der Waals surface area contributed by atoms with Gasteiger partial charge in [-0.2, -0.15) is 0 Å². The highest BCUT2D eigenvalue weighted by atomic mass is 16.5. The van der Waals surface area contributed by atoms with Crippen LogP contribution in [0.3, 0.4) is 0 Å². The fraction of sp³-hybridized carbons (Fsp3) is 0.0769. The number of ether oxygens (including phenoxy) is 3. The van der Waals surface area contributed by atoms with Gasteiger partial charge in [-0.3, -0.25) is 4.79 Å². The summed E-state index contributed by atoms with van der Waals surface area (Å²) in [6.07, 6.45) is 1.08. The molecule has 0 radical (unpaired) electrons. The third-order valence-corrected chi connectivity index (χ3v) is 6.55. The largest absolute Gasteiger partial charge is 0.423 e. The van der Waals surface area contributed by atoms with Gasteiger partial charge in [-0.15, -0.1) is 0 Å². The van der Waals surface area contributed by atoms with Gasteiger partial charge >= 0.3 is 17.9 Å². The van der Waals surface area contributed by atoms with Crippen LogP contribution in [-0.4, -0.2) is 23.7 Å². The van der Waals surface area contributed by atoms with E-state index >= 15 is 0 Å². The molecule has 0 saturated carbocycles. The van der Waals surface area contributed by atoms with Crippen LogP contribution in [0.4, 0.5) is 0 Å². The zero-order valence-electron chi connectivity index (χ0n) is 25.6. The van der Waals surface area contributed by atoms with Crippen molar-refractivity contribution in [1.29, 1.82) is 0 Å². The smallest absolute Gasteiger partial charge is 0.338 e. The van der Waals surface area contributed by atoms with Gasteiger partial charge < -0.3 is 14.2 Å². The van der Waals surface area contributed by atoms with E-state index in [4.69, 9.17) is 14.2 Å². The van der Waals surface area contributed by atoms with Gasteiger partial charge in [0, 0.05) is 45.0 Å². The third kappa shape index (κ3) is 8.22. The fourth-order valence-electron chi connectivity index (χ4n) is 4.20. The number of hydrogen-bond acceptors (Lipinski definition) is 7. The van der Waals surface area contributed by atoms with Crippen molar-refractivity contribution in [3.8, 4) is 40.2 Å². The molecule has 4 aromatic carbocycles. The molecule has 0 fully saturated rings. The number of benzene rings is 4. The molecule has 0 amide bonds. The van der Waals surface area contributed by atoms with Crippen LogP contribution in [0.25, 0.3) is 11.1 Å². The van der Waals surface area contributed by atoms with Crippen LogP contribution >= 0.6 is 0 Å². The van der Waals surface area contributed by atoms with E-state index in [1.54, 1.807) is 92.7 Å². The second-order valence-corrected chi connectivity index (χ2v) is 10.3. The van der Waals surface area contributed by atoms with Crippen LogP contribution in [0, 0.1) is 18.8 Å². The highest BCUT2D eigenvalue weighted by Crippen LogP contribution is 2.35. The lowest BCUT2D eigenvalue weighted by Gasteiger charge is -2.15. The molecule has 0 aromatic heterocycles. The van der Waals surface area contributed by atoms with Crippen molar-refractivity contribution in [3.05, 3.63) is 150 Å². The minimum atomic E-state index is -0.584. The van der Waals surface area contributed by atoms with Gasteiger partial charge in [0.1, 0.15) is 17.2 Å². The predicted molar refractivity (Wildman–Crippen MR) is 176 cm³/mol. The summed E-state index contributed by atoms with van der Waals surface area (Å²) in [6.45, 7) is 15.6. The summed E-state index contributed by atoms with van der Waals surface area (Å²) in [5, 5.41) is 0. The zero-order valence-corrected chi connectivity index (χ0v) is 25.6. The molecule has 0 aliphatic carbocycles. The molecule has 7 heteroatoms. The second-order valence-electron chi connectivity index (χ2n) is 10.3. The van der Waals surface area contributed by atoms with Crippen molar-refractivity contribution in [1.82, 2.24) is 0 Å². The van der Waals surface area contributed by atoms with Gasteiger partial charge in [-0.05, 0) is 92.6 Å². The molecule has 0 aliphatic rings. The molecule has 0 spiro atoms. The lowest BCUT2D eigenvalue weighted by Crippen LogP contribution is -2.10. The normalized spacial score (nSPS) is 10.1. The van der Waals surface area contributed by atoms with Crippen molar-refractivity contribution >= 4 is 23.7 Å². The fourth-order valence-corrected chi connectivity index (χ4v) is 4.20. The maximum absolute atomic E-state index is 13.2. The number of carbonyl (C=O) groups excluding carboxylic acids is 4. The molecule has 46 heavy (non-hydrogen) atoms. The Morgan fingerprint density at radius 1 is 0.652 bits per heavy atom. The Kier molecular flexibility index (Phi) is 10.3. The molecular formula is C39H30O7. The van der Waals surface area contributed by atoms with Gasteiger partial charge in [0.25, 0.3) is 0 Å². The zero-order chi connectivity index (χ0) is 33.4. The molecule has 4 rings (SSSR count). The van der Waals surface area contributed by atoms with E-state index in [2.05, 4.69) is 31.6 Å². The number of esters is 3. The van der Waals surface area contributed by atoms with E-state index in [0.29, 0.717) is 45.1 Å². The summed E-state index contributed by atoms with van der Waals surface area (Å²) >= 11 is 0. The summed E-state index contributed by atoms with van der Waals surface area (Å²) < 4.78 is 16.0. The van der Waals surface area contributed by atoms with E-state index in [1.807, 2.05) is 13.0 Å².